The number of fused-ring (bicyclic) bond motifs is 1. The Morgan fingerprint density at radius 2 is 1.58 bits per heavy atom. The van der Waals surface area contributed by atoms with E-state index in [1.807, 2.05) is 12.1 Å². The Labute approximate surface area is 220 Å². The zero-order chi connectivity index (χ0) is 27.6. The second-order valence-corrected chi connectivity index (χ2v) is 8.49. The molecule has 10 heteroatoms. The number of rotatable bonds is 8. The number of benzene rings is 2. The molecule has 0 fully saturated rings. The highest BCUT2D eigenvalue weighted by molar-refractivity contribution is 5.64. The SMILES string of the molecule is COc1ccc(Cn2c(C)cc3c(c2=O)C(c2ccc(OC)c(OC)c2OC)C(C#N)=C(N)O3)cc1OC. The van der Waals surface area contributed by atoms with E-state index in [0.717, 1.165) is 5.56 Å². The van der Waals surface area contributed by atoms with Gasteiger partial charge >= 0.3 is 0 Å². The van der Waals surface area contributed by atoms with Gasteiger partial charge in [-0.1, -0.05) is 12.1 Å². The predicted molar refractivity (Wildman–Crippen MR) is 139 cm³/mol. The first-order valence-electron chi connectivity index (χ1n) is 11.6. The van der Waals surface area contributed by atoms with E-state index < -0.39 is 5.92 Å². The molecule has 2 aromatic carbocycles. The van der Waals surface area contributed by atoms with Crippen LogP contribution in [0.4, 0.5) is 0 Å². The summed E-state index contributed by atoms with van der Waals surface area (Å²) in [5.74, 6) is 1.53. The Bertz CT molecular complexity index is 1520. The summed E-state index contributed by atoms with van der Waals surface area (Å²) in [6, 6.07) is 12.7. The molecule has 0 spiro atoms. The summed E-state index contributed by atoms with van der Waals surface area (Å²) >= 11 is 0. The molecule has 2 heterocycles. The largest absolute Gasteiger partial charge is 0.493 e. The zero-order valence-corrected chi connectivity index (χ0v) is 22.1. The quantitative estimate of drug-likeness (QED) is 0.476. The molecule has 4 rings (SSSR count). The number of hydrogen-bond acceptors (Lipinski definition) is 9. The molecule has 0 radical (unpaired) electrons. The summed E-state index contributed by atoms with van der Waals surface area (Å²) in [5.41, 5.74) is 8.16. The van der Waals surface area contributed by atoms with Crippen LogP contribution in [0.1, 0.15) is 28.3 Å². The molecule has 2 N–H and O–H groups in total. The Morgan fingerprint density at radius 1 is 0.921 bits per heavy atom. The molecule has 198 valence electrons. The van der Waals surface area contributed by atoms with Crippen LogP contribution in [0, 0.1) is 18.3 Å². The molecule has 3 aromatic rings. The maximum absolute atomic E-state index is 14.1. The van der Waals surface area contributed by atoms with Gasteiger partial charge in [0.2, 0.25) is 11.6 Å². The fourth-order valence-electron chi connectivity index (χ4n) is 4.71. The third kappa shape index (κ3) is 4.32. The third-order valence-corrected chi connectivity index (χ3v) is 6.52. The minimum atomic E-state index is -0.872. The second-order valence-electron chi connectivity index (χ2n) is 8.49. The number of allylic oxidation sites excluding steroid dienone is 1. The first-order chi connectivity index (χ1) is 18.3. The Kier molecular flexibility index (Phi) is 7.39. The molecular formula is C28H29N3O7. The lowest BCUT2D eigenvalue weighted by atomic mass is 9.83. The number of aryl methyl sites for hydroxylation is 1. The van der Waals surface area contributed by atoms with Gasteiger partial charge in [0, 0.05) is 17.3 Å². The molecule has 1 aromatic heterocycles. The number of nitrogens with two attached hydrogens (primary N) is 1. The van der Waals surface area contributed by atoms with Gasteiger partial charge in [0.1, 0.15) is 17.4 Å². The number of nitrogens with zero attached hydrogens (tertiary/aromatic N) is 2. The van der Waals surface area contributed by atoms with Crippen LogP contribution in [-0.4, -0.2) is 40.1 Å². The molecule has 1 atom stereocenters. The van der Waals surface area contributed by atoms with Gasteiger partial charge in [-0.2, -0.15) is 5.26 Å². The molecule has 1 unspecified atom stereocenters. The first kappa shape index (κ1) is 26.3. The lowest BCUT2D eigenvalue weighted by molar-refractivity contribution is 0.321. The van der Waals surface area contributed by atoms with Gasteiger partial charge in [-0.05, 0) is 30.7 Å². The van der Waals surface area contributed by atoms with Crippen LogP contribution in [0.15, 0.2) is 52.6 Å². The van der Waals surface area contributed by atoms with E-state index >= 15 is 0 Å². The lowest BCUT2D eigenvalue weighted by Crippen LogP contribution is -2.33. The minimum absolute atomic E-state index is 0.0849. The highest BCUT2D eigenvalue weighted by atomic mass is 16.5. The summed E-state index contributed by atoms with van der Waals surface area (Å²) in [4.78, 5) is 14.1. The maximum Gasteiger partial charge on any atom is 0.259 e. The number of aromatic nitrogens is 1. The molecule has 38 heavy (non-hydrogen) atoms. The highest BCUT2D eigenvalue weighted by Crippen LogP contribution is 2.49. The van der Waals surface area contributed by atoms with Crippen LogP contribution in [0.5, 0.6) is 34.5 Å². The predicted octanol–water partition coefficient (Wildman–Crippen LogP) is 3.47. The molecule has 10 nitrogen and oxygen atoms in total. The van der Waals surface area contributed by atoms with Gasteiger partial charge in [-0.3, -0.25) is 4.79 Å². The number of hydrogen-bond donors (Lipinski definition) is 1. The molecule has 0 saturated heterocycles. The Morgan fingerprint density at radius 3 is 2.18 bits per heavy atom. The van der Waals surface area contributed by atoms with Crippen molar-refractivity contribution in [3.05, 3.63) is 80.6 Å². The van der Waals surface area contributed by atoms with Crippen molar-refractivity contribution in [2.75, 3.05) is 35.5 Å². The number of ether oxygens (including phenoxy) is 6. The number of methoxy groups -OCH3 is 5. The van der Waals surface area contributed by atoms with Crippen molar-refractivity contribution in [2.45, 2.75) is 19.4 Å². The fraction of sp³-hybridized carbons (Fsp3) is 0.286. The summed E-state index contributed by atoms with van der Waals surface area (Å²) in [6.07, 6.45) is 0. The molecule has 0 bridgehead atoms. The highest BCUT2D eigenvalue weighted by Gasteiger charge is 2.37. The molecule has 1 aliphatic heterocycles. The van der Waals surface area contributed by atoms with E-state index in [2.05, 4.69) is 6.07 Å². The number of nitriles is 1. The van der Waals surface area contributed by atoms with Gasteiger partial charge < -0.3 is 38.7 Å². The van der Waals surface area contributed by atoms with Crippen LogP contribution >= 0.6 is 0 Å². The van der Waals surface area contributed by atoms with E-state index in [4.69, 9.17) is 34.2 Å². The summed E-state index contributed by atoms with van der Waals surface area (Å²) < 4.78 is 34.8. The van der Waals surface area contributed by atoms with E-state index in [0.29, 0.717) is 40.0 Å². The molecule has 0 saturated carbocycles. The van der Waals surface area contributed by atoms with E-state index in [1.54, 1.807) is 50.0 Å². The average molecular weight is 520 g/mol. The lowest BCUT2D eigenvalue weighted by Gasteiger charge is -2.29. The maximum atomic E-state index is 14.1. The van der Waals surface area contributed by atoms with E-state index in [9.17, 15) is 10.1 Å². The van der Waals surface area contributed by atoms with Crippen LogP contribution in [0.3, 0.4) is 0 Å². The molecule has 1 aliphatic rings. The topological polar surface area (TPSA) is 127 Å². The van der Waals surface area contributed by atoms with Crippen molar-refractivity contribution in [3.63, 3.8) is 0 Å². The van der Waals surface area contributed by atoms with Crippen LogP contribution in [0.25, 0.3) is 0 Å². The molecule has 0 amide bonds. The van der Waals surface area contributed by atoms with Gasteiger partial charge in [0.05, 0.1) is 53.6 Å². The normalized spacial score (nSPS) is 14.2. The second kappa shape index (κ2) is 10.7. The third-order valence-electron chi connectivity index (χ3n) is 6.52. The molecule has 0 aliphatic carbocycles. The number of pyridine rings is 1. The van der Waals surface area contributed by atoms with Crippen molar-refractivity contribution in [2.24, 2.45) is 5.73 Å². The Balaban J connectivity index is 1.95. The summed E-state index contributed by atoms with van der Waals surface area (Å²) in [5, 5.41) is 10.1. The molecular weight excluding hydrogens is 490 g/mol. The van der Waals surface area contributed by atoms with Gasteiger partial charge in [-0.25, -0.2) is 0 Å². The van der Waals surface area contributed by atoms with Crippen LogP contribution in [0.2, 0.25) is 0 Å². The van der Waals surface area contributed by atoms with E-state index in [-0.39, 0.29) is 34.9 Å². The van der Waals surface area contributed by atoms with Crippen molar-refractivity contribution in [1.29, 1.82) is 5.26 Å². The zero-order valence-electron chi connectivity index (χ0n) is 22.1. The van der Waals surface area contributed by atoms with Crippen LogP contribution < -0.4 is 39.7 Å². The van der Waals surface area contributed by atoms with Crippen LogP contribution in [-0.2, 0) is 6.54 Å². The standard InChI is InChI=1S/C28H29N3O7/c1-15-11-22-24(28(32)31(15)14-16-7-9-19(33-2)21(12-16)35-4)23(18(13-29)27(30)38-22)17-8-10-20(34-3)26(37-6)25(17)36-5/h7-12,23H,14,30H2,1-6H3. The summed E-state index contributed by atoms with van der Waals surface area (Å²) in [6.45, 7) is 2.05. The average Bonchev–Trinajstić information content (AvgIpc) is 2.93. The Hall–Kier alpha value is -4.78. The van der Waals surface area contributed by atoms with Gasteiger partial charge in [0.15, 0.2) is 23.0 Å². The van der Waals surface area contributed by atoms with Crippen molar-refractivity contribution in [3.8, 4) is 40.6 Å². The van der Waals surface area contributed by atoms with Crippen molar-refractivity contribution >= 4 is 0 Å². The van der Waals surface area contributed by atoms with Gasteiger partial charge in [0.25, 0.3) is 5.56 Å². The van der Waals surface area contributed by atoms with Crippen molar-refractivity contribution in [1.82, 2.24) is 4.57 Å². The van der Waals surface area contributed by atoms with E-state index in [1.165, 1.54) is 21.3 Å². The fourth-order valence-corrected chi connectivity index (χ4v) is 4.71. The van der Waals surface area contributed by atoms with Crippen molar-refractivity contribution < 1.29 is 28.4 Å². The monoisotopic (exact) mass is 519 g/mol. The minimum Gasteiger partial charge on any atom is -0.493 e. The first-order valence-corrected chi connectivity index (χ1v) is 11.6. The summed E-state index contributed by atoms with van der Waals surface area (Å²) in [7, 11) is 7.58. The smallest absolute Gasteiger partial charge is 0.259 e. The van der Waals surface area contributed by atoms with Gasteiger partial charge in [-0.15, -0.1) is 0 Å².